The third kappa shape index (κ3) is 2.54. The van der Waals surface area contributed by atoms with Crippen LogP contribution in [0.4, 0.5) is 0 Å². The summed E-state index contributed by atoms with van der Waals surface area (Å²) in [6.07, 6.45) is 0. The van der Waals surface area contributed by atoms with Crippen LogP contribution in [-0.4, -0.2) is 25.8 Å². The predicted molar refractivity (Wildman–Crippen MR) is 101 cm³/mol. The monoisotopic (exact) mass is 343 g/mol. The van der Waals surface area contributed by atoms with Crippen LogP contribution in [0.3, 0.4) is 0 Å². The van der Waals surface area contributed by atoms with Gasteiger partial charge in [0.15, 0.2) is 0 Å². The van der Waals surface area contributed by atoms with Gasteiger partial charge in [-0.1, -0.05) is 48.5 Å². The van der Waals surface area contributed by atoms with Gasteiger partial charge in [-0.05, 0) is 26.0 Å². The van der Waals surface area contributed by atoms with Gasteiger partial charge in [-0.2, -0.15) is 5.10 Å². The second-order valence-electron chi connectivity index (χ2n) is 6.21. The van der Waals surface area contributed by atoms with E-state index in [0.29, 0.717) is 22.3 Å². The van der Waals surface area contributed by atoms with Crippen LogP contribution in [0.15, 0.2) is 60.7 Å². The van der Waals surface area contributed by atoms with Gasteiger partial charge < -0.3 is 5.11 Å². The van der Waals surface area contributed by atoms with Crippen LogP contribution in [0.25, 0.3) is 27.8 Å². The molecule has 0 saturated carbocycles. The highest BCUT2D eigenvalue weighted by Gasteiger charge is 2.24. The Morgan fingerprint density at radius 2 is 1.69 bits per heavy atom. The van der Waals surface area contributed by atoms with Gasteiger partial charge >= 0.3 is 5.97 Å². The number of hydrogen-bond acceptors (Lipinski definition) is 3. The highest BCUT2D eigenvalue weighted by molar-refractivity contribution is 6.08. The third-order valence-electron chi connectivity index (χ3n) is 4.35. The number of hydrogen-bond donors (Lipinski definition) is 1. The number of aromatic carboxylic acids is 1. The maximum atomic E-state index is 12.2. The number of para-hydroxylation sites is 1. The zero-order valence-electron chi connectivity index (χ0n) is 14.5. The van der Waals surface area contributed by atoms with Crippen molar-refractivity contribution in [2.75, 3.05) is 0 Å². The number of aryl methyl sites for hydroxylation is 2. The number of pyridine rings is 1. The first kappa shape index (κ1) is 16.0. The zero-order chi connectivity index (χ0) is 18.3. The molecule has 128 valence electrons. The summed E-state index contributed by atoms with van der Waals surface area (Å²) in [7, 11) is 0. The lowest BCUT2D eigenvalue weighted by atomic mass is 10.0. The van der Waals surface area contributed by atoms with Gasteiger partial charge in [0.2, 0.25) is 0 Å². The van der Waals surface area contributed by atoms with Gasteiger partial charge in [-0.3, -0.25) is 0 Å². The van der Waals surface area contributed by atoms with Crippen LogP contribution in [-0.2, 0) is 0 Å². The molecule has 0 amide bonds. The molecule has 1 N–H and O–H groups in total. The quantitative estimate of drug-likeness (QED) is 0.598. The van der Waals surface area contributed by atoms with Crippen molar-refractivity contribution in [3.63, 3.8) is 0 Å². The number of nitrogens with zero attached hydrogens (tertiary/aromatic N) is 3. The molecule has 2 heterocycles. The molecule has 26 heavy (non-hydrogen) atoms. The molecule has 2 aromatic carbocycles. The smallest absolute Gasteiger partial charge is 0.338 e. The summed E-state index contributed by atoms with van der Waals surface area (Å²) < 4.78 is 1.68. The molecule has 5 nitrogen and oxygen atoms in total. The summed E-state index contributed by atoms with van der Waals surface area (Å²) in [6, 6.07) is 18.8. The Morgan fingerprint density at radius 3 is 2.35 bits per heavy atom. The van der Waals surface area contributed by atoms with Crippen LogP contribution in [0.2, 0.25) is 0 Å². The van der Waals surface area contributed by atoms with Crippen molar-refractivity contribution in [2.45, 2.75) is 13.8 Å². The average Bonchev–Trinajstić information content (AvgIpc) is 2.98. The second kappa shape index (κ2) is 6.11. The topological polar surface area (TPSA) is 68.0 Å². The highest BCUT2D eigenvalue weighted by atomic mass is 16.4. The minimum absolute atomic E-state index is 0.209. The Balaban J connectivity index is 2.20. The lowest BCUT2D eigenvalue weighted by Gasteiger charge is -2.16. The predicted octanol–water partition coefficient (Wildman–Crippen LogP) is 4.40. The molecular weight excluding hydrogens is 326 g/mol. The fraction of sp³-hybridized carbons (Fsp3) is 0.0952. The Hall–Kier alpha value is -3.47. The fourth-order valence-corrected chi connectivity index (χ4v) is 3.28. The summed E-state index contributed by atoms with van der Waals surface area (Å²) in [5, 5.41) is 15.2. The molecule has 4 aromatic rings. The molecule has 2 aromatic heterocycles. The molecule has 0 atom stereocenters. The van der Waals surface area contributed by atoms with Crippen molar-refractivity contribution < 1.29 is 9.90 Å². The summed E-state index contributed by atoms with van der Waals surface area (Å²) >= 11 is 0. The fourth-order valence-electron chi connectivity index (χ4n) is 3.28. The first-order valence-electron chi connectivity index (χ1n) is 8.31. The van der Waals surface area contributed by atoms with Crippen LogP contribution in [0, 0.1) is 13.8 Å². The van der Waals surface area contributed by atoms with Gasteiger partial charge in [0.25, 0.3) is 0 Å². The average molecular weight is 343 g/mol. The normalized spacial score (nSPS) is 11.0. The van der Waals surface area contributed by atoms with Gasteiger partial charge in [0, 0.05) is 16.6 Å². The van der Waals surface area contributed by atoms with Gasteiger partial charge in [0.05, 0.1) is 22.5 Å². The number of rotatable bonds is 3. The van der Waals surface area contributed by atoms with E-state index in [2.05, 4.69) is 5.10 Å². The first-order valence-corrected chi connectivity index (χ1v) is 8.31. The number of carbonyl (C=O) groups is 1. The van der Waals surface area contributed by atoms with Crippen molar-refractivity contribution in [3.8, 4) is 16.9 Å². The van der Waals surface area contributed by atoms with Crippen molar-refractivity contribution in [2.24, 2.45) is 0 Å². The molecule has 0 saturated heterocycles. The number of aromatic nitrogens is 3. The maximum absolute atomic E-state index is 12.2. The molecule has 0 fully saturated rings. The van der Waals surface area contributed by atoms with Crippen molar-refractivity contribution in [1.29, 1.82) is 0 Å². The number of fused-ring (bicyclic) bond motifs is 1. The van der Waals surface area contributed by atoms with E-state index in [9.17, 15) is 9.90 Å². The molecule has 5 heteroatoms. The number of carboxylic acid groups (broad SMARTS) is 1. The largest absolute Gasteiger partial charge is 0.478 e. The molecule has 4 rings (SSSR count). The molecule has 0 aliphatic carbocycles. The van der Waals surface area contributed by atoms with E-state index in [1.165, 1.54) is 0 Å². The van der Waals surface area contributed by atoms with E-state index in [1.54, 1.807) is 10.7 Å². The highest BCUT2D eigenvalue weighted by Crippen LogP contribution is 2.33. The minimum Gasteiger partial charge on any atom is -0.478 e. The van der Waals surface area contributed by atoms with Crippen molar-refractivity contribution in [3.05, 3.63) is 77.6 Å². The Morgan fingerprint density at radius 1 is 1.00 bits per heavy atom. The van der Waals surface area contributed by atoms with Crippen LogP contribution in [0.5, 0.6) is 0 Å². The van der Waals surface area contributed by atoms with Crippen LogP contribution >= 0.6 is 0 Å². The van der Waals surface area contributed by atoms with E-state index in [1.807, 2.05) is 68.4 Å². The lowest BCUT2D eigenvalue weighted by molar-refractivity contribution is 0.0699. The maximum Gasteiger partial charge on any atom is 0.338 e. The van der Waals surface area contributed by atoms with E-state index in [-0.39, 0.29) is 5.56 Å². The zero-order valence-corrected chi connectivity index (χ0v) is 14.5. The summed E-state index contributed by atoms with van der Waals surface area (Å²) in [5.74, 6) is -0.997. The van der Waals surface area contributed by atoms with E-state index in [4.69, 9.17) is 4.98 Å². The van der Waals surface area contributed by atoms with E-state index >= 15 is 0 Å². The minimum atomic E-state index is -0.997. The first-order chi connectivity index (χ1) is 12.6. The molecule has 0 aliphatic heterocycles. The SMILES string of the molecule is Cc1cc(C)n(-c2c(-c3ccccc3)nc3ccccc3c2C(=O)O)n1. The van der Waals surface area contributed by atoms with Crippen molar-refractivity contribution >= 4 is 16.9 Å². The molecule has 0 radical (unpaired) electrons. The molecule has 0 spiro atoms. The standard InChI is InChI=1S/C21H17N3O2/c1-13-12-14(2)24(23-13)20-18(21(25)26)16-10-6-7-11-17(16)22-19(20)15-8-4-3-5-9-15/h3-12H,1-2H3,(H,25,26). The Bertz CT molecular complexity index is 1130. The van der Waals surface area contributed by atoms with Crippen molar-refractivity contribution in [1.82, 2.24) is 14.8 Å². The van der Waals surface area contributed by atoms with Crippen LogP contribution < -0.4 is 0 Å². The Kier molecular flexibility index (Phi) is 3.77. The van der Waals surface area contributed by atoms with E-state index < -0.39 is 5.97 Å². The van der Waals surface area contributed by atoms with Gasteiger partial charge in [0.1, 0.15) is 5.69 Å². The molecular formula is C21H17N3O2. The second-order valence-corrected chi connectivity index (χ2v) is 6.21. The molecule has 0 unspecified atom stereocenters. The van der Waals surface area contributed by atoms with Crippen LogP contribution in [0.1, 0.15) is 21.7 Å². The number of benzene rings is 2. The van der Waals surface area contributed by atoms with Gasteiger partial charge in [-0.25, -0.2) is 14.5 Å². The summed E-state index contributed by atoms with van der Waals surface area (Å²) in [5.41, 5.74) is 4.49. The van der Waals surface area contributed by atoms with Gasteiger partial charge in [-0.15, -0.1) is 0 Å². The number of carboxylic acids is 1. The third-order valence-corrected chi connectivity index (χ3v) is 4.35. The molecule has 0 aliphatic rings. The molecule has 0 bridgehead atoms. The van der Waals surface area contributed by atoms with E-state index in [0.717, 1.165) is 17.0 Å². The lowest BCUT2D eigenvalue weighted by Crippen LogP contribution is -2.12. The summed E-state index contributed by atoms with van der Waals surface area (Å²) in [6.45, 7) is 3.80. The Labute approximate surface area is 150 Å². The summed E-state index contributed by atoms with van der Waals surface area (Å²) in [4.78, 5) is 17.0.